The maximum atomic E-state index is 11.8. The molecule has 5 nitrogen and oxygen atoms in total. The molecule has 0 saturated carbocycles. The van der Waals surface area contributed by atoms with Crippen molar-refractivity contribution in [3.8, 4) is 0 Å². The molecule has 0 bridgehead atoms. The minimum Gasteiger partial charge on any atom is -0.384 e. The number of imidazole rings is 1. The van der Waals surface area contributed by atoms with E-state index in [9.17, 15) is 4.79 Å². The summed E-state index contributed by atoms with van der Waals surface area (Å²) in [6.07, 6.45) is 3.13. The molecule has 1 aliphatic heterocycles. The zero-order chi connectivity index (χ0) is 11.5. The smallest absolute Gasteiger partial charge is 0.225 e. The highest BCUT2D eigenvalue weighted by Gasteiger charge is 2.22. The van der Waals surface area contributed by atoms with Gasteiger partial charge in [-0.1, -0.05) is 0 Å². The fraction of sp³-hybridized carbons (Fsp3) is 0.636. The molecule has 2 rings (SSSR count). The molecule has 0 fully saturated rings. The van der Waals surface area contributed by atoms with E-state index in [1.165, 1.54) is 0 Å². The Kier molecular flexibility index (Phi) is 3.24. The average Bonchev–Trinajstić information content (AvgIpc) is 2.67. The van der Waals surface area contributed by atoms with Crippen LogP contribution in [0, 0.1) is 0 Å². The second-order valence-corrected chi connectivity index (χ2v) is 4.06. The summed E-state index contributed by atoms with van der Waals surface area (Å²) in [6, 6.07) is 0. The first-order valence-corrected chi connectivity index (χ1v) is 5.48. The lowest BCUT2D eigenvalue weighted by atomic mass is 10.1. The van der Waals surface area contributed by atoms with Crippen molar-refractivity contribution in [1.29, 1.82) is 0 Å². The van der Waals surface area contributed by atoms with Crippen molar-refractivity contribution in [1.82, 2.24) is 14.5 Å². The summed E-state index contributed by atoms with van der Waals surface area (Å²) in [4.78, 5) is 18.0. The van der Waals surface area contributed by atoms with Gasteiger partial charge in [-0.3, -0.25) is 4.79 Å². The molecule has 1 aromatic heterocycles. The molecule has 0 atom stereocenters. The largest absolute Gasteiger partial charge is 0.384 e. The highest BCUT2D eigenvalue weighted by atomic mass is 16.5. The Bertz CT molecular complexity index is 387. The average molecular weight is 223 g/mol. The molecule has 0 radical (unpaired) electrons. The Morgan fingerprint density at radius 3 is 3.19 bits per heavy atom. The summed E-state index contributed by atoms with van der Waals surface area (Å²) in [6.45, 7) is 1.94. The Labute approximate surface area is 95.0 Å². The molecular formula is C11H17N3O2. The number of carbonyl (C=O) groups is 1. The standard InChI is InChI=1S/C11H17N3O2/c1-13-8-12-9-3-5-14(7-10(9)13)11(15)4-6-16-2/h8H,3-7H2,1-2H3. The van der Waals surface area contributed by atoms with Crippen molar-refractivity contribution in [2.45, 2.75) is 19.4 Å². The van der Waals surface area contributed by atoms with Crippen LogP contribution in [0.5, 0.6) is 0 Å². The van der Waals surface area contributed by atoms with Crippen LogP contribution < -0.4 is 0 Å². The summed E-state index contributed by atoms with van der Waals surface area (Å²) >= 11 is 0. The van der Waals surface area contributed by atoms with Gasteiger partial charge < -0.3 is 14.2 Å². The quantitative estimate of drug-likeness (QED) is 0.742. The third kappa shape index (κ3) is 2.09. The van der Waals surface area contributed by atoms with Crippen molar-refractivity contribution in [2.24, 2.45) is 7.05 Å². The molecule has 88 valence electrons. The normalized spacial score (nSPS) is 15.0. The Morgan fingerprint density at radius 2 is 2.44 bits per heavy atom. The number of hydrogen-bond donors (Lipinski definition) is 0. The number of aryl methyl sites for hydroxylation is 1. The van der Waals surface area contributed by atoms with Gasteiger partial charge in [0.05, 0.1) is 37.3 Å². The number of ether oxygens (including phenoxy) is 1. The van der Waals surface area contributed by atoms with Gasteiger partial charge >= 0.3 is 0 Å². The van der Waals surface area contributed by atoms with Gasteiger partial charge in [0, 0.05) is 27.1 Å². The topological polar surface area (TPSA) is 47.4 Å². The van der Waals surface area contributed by atoms with E-state index in [0.717, 1.165) is 24.4 Å². The molecule has 0 spiro atoms. The fourth-order valence-electron chi connectivity index (χ4n) is 1.98. The predicted octanol–water partition coefficient (Wildman–Crippen LogP) is 0.341. The number of nitrogens with zero attached hydrogens (tertiary/aromatic N) is 3. The van der Waals surface area contributed by atoms with E-state index in [1.54, 1.807) is 7.11 Å². The summed E-state index contributed by atoms with van der Waals surface area (Å²) in [5, 5.41) is 0. The van der Waals surface area contributed by atoms with Gasteiger partial charge in [0.2, 0.25) is 5.91 Å². The van der Waals surface area contributed by atoms with Crippen LogP contribution in [0.15, 0.2) is 6.33 Å². The molecule has 0 aliphatic carbocycles. The van der Waals surface area contributed by atoms with E-state index in [4.69, 9.17) is 4.74 Å². The molecule has 0 saturated heterocycles. The van der Waals surface area contributed by atoms with Crippen molar-refractivity contribution in [3.63, 3.8) is 0 Å². The molecule has 1 aromatic rings. The SMILES string of the molecule is COCCC(=O)N1CCc2ncn(C)c2C1. The monoisotopic (exact) mass is 223 g/mol. The first-order valence-electron chi connectivity index (χ1n) is 5.48. The van der Waals surface area contributed by atoms with Gasteiger partial charge in [-0.25, -0.2) is 4.98 Å². The van der Waals surface area contributed by atoms with E-state index in [1.807, 2.05) is 22.8 Å². The van der Waals surface area contributed by atoms with E-state index < -0.39 is 0 Å². The first kappa shape index (κ1) is 11.1. The second-order valence-electron chi connectivity index (χ2n) is 4.06. The van der Waals surface area contributed by atoms with Crippen molar-refractivity contribution in [3.05, 3.63) is 17.7 Å². The number of aromatic nitrogens is 2. The Morgan fingerprint density at radius 1 is 1.62 bits per heavy atom. The van der Waals surface area contributed by atoms with Crippen molar-refractivity contribution >= 4 is 5.91 Å². The maximum absolute atomic E-state index is 11.8. The second kappa shape index (κ2) is 4.65. The Hall–Kier alpha value is -1.36. The zero-order valence-electron chi connectivity index (χ0n) is 9.77. The van der Waals surface area contributed by atoms with Gasteiger partial charge in [0.1, 0.15) is 0 Å². The zero-order valence-corrected chi connectivity index (χ0v) is 9.77. The van der Waals surface area contributed by atoms with Crippen LogP contribution >= 0.6 is 0 Å². The minimum absolute atomic E-state index is 0.161. The molecular weight excluding hydrogens is 206 g/mol. The molecule has 0 N–H and O–H groups in total. The van der Waals surface area contributed by atoms with Crippen LogP contribution in [0.4, 0.5) is 0 Å². The molecule has 1 amide bonds. The van der Waals surface area contributed by atoms with Gasteiger partial charge in [0.25, 0.3) is 0 Å². The molecule has 16 heavy (non-hydrogen) atoms. The lowest BCUT2D eigenvalue weighted by Gasteiger charge is -2.27. The fourth-order valence-corrected chi connectivity index (χ4v) is 1.98. The van der Waals surface area contributed by atoms with Crippen molar-refractivity contribution < 1.29 is 9.53 Å². The lowest BCUT2D eigenvalue weighted by molar-refractivity contribution is -0.133. The molecule has 2 heterocycles. The summed E-state index contributed by atoms with van der Waals surface area (Å²) in [7, 11) is 3.58. The van der Waals surface area contributed by atoms with Gasteiger partial charge in [0.15, 0.2) is 0 Å². The Balaban J connectivity index is 2.01. The van der Waals surface area contributed by atoms with Crippen LogP contribution in [-0.4, -0.2) is 40.6 Å². The van der Waals surface area contributed by atoms with Gasteiger partial charge in [-0.15, -0.1) is 0 Å². The van der Waals surface area contributed by atoms with E-state index in [2.05, 4.69) is 4.98 Å². The van der Waals surface area contributed by atoms with E-state index in [-0.39, 0.29) is 5.91 Å². The molecule has 0 unspecified atom stereocenters. The predicted molar refractivity (Wildman–Crippen MR) is 58.8 cm³/mol. The lowest BCUT2D eigenvalue weighted by Crippen LogP contribution is -2.37. The highest BCUT2D eigenvalue weighted by Crippen LogP contribution is 2.17. The van der Waals surface area contributed by atoms with Crippen LogP contribution in [-0.2, 0) is 29.5 Å². The third-order valence-electron chi connectivity index (χ3n) is 2.98. The first-order chi connectivity index (χ1) is 7.72. The number of rotatable bonds is 3. The molecule has 0 aromatic carbocycles. The van der Waals surface area contributed by atoms with Crippen LogP contribution in [0.3, 0.4) is 0 Å². The highest BCUT2D eigenvalue weighted by molar-refractivity contribution is 5.76. The van der Waals surface area contributed by atoms with Gasteiger partial charge in [-0.05, 0) is 0 Å². The number of carbonyl (C=O) groups excluding carboxylic acids is 1. The van der Waals surface area contributed by atoms with Crippen LogP contribution in [0.1, 0.15) is 17.8 Å². The van der Waals surface area contributed by atoms with Crippen LogP contribution in [0.2, 0.25) is 0 Å². The summed E-state index contributed by atoms with van der Waals surface area (Å²) in [5.41, 5.74) is 2.27. The minimum atomic E-state index is 0.161. The molecule has 1 aliphatic rings. The summed E-state index contributed by atoms with van der Waals surface area (Å²) in [5.74, 6) is 0.161. The maximum Gasteiger partial charge on any atom is 0.225 e. The third-order valence-corrected chi connectivity index (χ3v) is 2.98. The number of fused-ring (bicyclic) bond motifs is 1. The number of methoxy groups -OCH3 is 1. The molecule has 5 heteroatoms. The number of hydrogen-bond acceptors (Lipinski definition) is 3. The van der Waals surface area contributed by atoms with E-state index in [0.29, 0.717) is 19.6 Å². The van der Waals surface area contributed by atoms with Crippen molar-refractivity contribution in [2.75, 3.05) is 20.3 Å². The van der Waals surface area contributed by atoms with Crippen LogP contribution in [0.25, 0.3) is 0 Å². The number of amides is 1. The summed E-state index contributed by atoms with van der Waals surface area (Å²) < 4.78 is 6.91. The van der Waals surface area contributed by atoms with E-state index >= 15 is 0 Å². The van der Waals surface area contributed by atoms with Gasteiger partial charge in [-0.2, -0.15) is 0 Å².